The molecule has 1 aromatic carbocycles. The number of nitrogen functional groups attached to an aromatic ring is 1. The molecule has 2 aromatic rings. The van der Waals surface area contributed by atoms with Crippen molar-refractivity contribution in [1.82, 2.24) is 9.99 Å². The smallest absolute Gasteiger partial charge is 0.281 e. The minimum atomic E-state index is -0.226. The molecule has 1 saturated carbocycles. The summed E-state index contributed by atoms with van der Waals surface area (Å²) in [7, 11) is 0. The van der Waals surface area contributed by atoms with E-state index in [1.54, 1.807) is 0 Å². The number of nitrogens with two attached hydrogens (primary N) is 1. The quantitative estimate of drug-likeness (QED) is 0.506. The Balaban J connectivity index is 1.85. The zero-order valence-electron chi connectivity index (χ0n) is 13.5. The molecule has 3 rings (SSSR count). The summed E-state index contributed by atoms with van der Waals surface area (Å²) in [6.45, 7) is 0.707. The lowest BCUT2D eigenvalue weighted by atomic mass is 9.86. The predicted octanol–water partition coefficient (Wildman–Crippen LogP) is 3.26. The molecule has 122 valence electrons. The van der Waals surface area contributed by atoms with Crippen LogP contribution in [0.25, 0.3) is 0 Å². The third kappa shape index (κ3) is 3.82. The van der Waals surface area contributed by atoms with Crippen molar-refractivity contribution in [3.63, 3.8) is 0 Å². The lowest BCUT2D eigenvalue weighted by Crippen LogP contribution is -2.32. The summed E-state index contributed by atoms with van der Waals surface area (Å²) in [6.07, 6.45) is 7.68. The highest BCUT2D eigenvalue weighted by Gasteiger charge is 2.19. The SMILES string of the molecule is NNC(=O)c1ccc(CC2CCCCC2)n1Cc1ccccc1. The largest absolute Gasteiger partial charge is 0.336 e. The summed E-state index contributed by atoms with van der Waals surface area (Å²) in [5.41, 5.74) is 5.34. The van der Waals surface area contributed by atoms with Crippen molar-refractivity contribution in [3.05, 3.63) is 59.4 Å². The topological polar surface area (TPSA) is 60.0 Å². The van der Waals surface area contributed by atoms with Gasteiger partial charge in [-0.05, 0) is 30.0 Å². The zero-order chi connectivity index (χ0) is 16.1. The molecule has 0 unspecified atom stereocenters. The first-order valence-corrected chi connectivity index (χ1v) is 8.51. The fraction of sp³-hybridized carbons (Fsp3) is 0.421. The van der Waals surface area contributed by atoms with Crippen LogP contribution in [-0.4, -0.2) is 10.5 Å². The van der Waals surface area contributed by atoms with Gasteiger partial charge in [0.25, 0.3) is 5.91 Å². The Kier molecular flexibility index (Phi) is 5.13. The number of hydrogen-bond acceptors (Lipinski definition) is 2. The molecule has 3 N–H and O–H groups in total. The Morgan fingerprint density at radius 1 is 1.09 bits per heavy atom. The second-order valence-corrected chi connectivity index (χ2v) is 6.46. The van der Waals surface area contributed by atoms with E-state index in [2.05, 4.69) is 28.2 Å². The van der Waals surface area contributed by atoms with Gasteiger partial charge in [-0.2, -0.15) is 0 Å². The monoisotopic (exact) mass is 311 g/mol. The molecular weight excluding hydrogens is 286 g/mol. The van der Waals surface area contributed by atoms with Gasteiger partial charge in [-0.25, -0.2) is 5.84 Å². The molecule has 23 heavy (non-hydrogen) atoms. The van der Waals surface area contributed by atoms with Crippen LogP contribution in [0.5, 0.6) is 0 Å². The Labute approximate surface area is 137 Å². The molecule has 4 heteroatoms. The maximum absolute atomic E-state index is 12.1. The number of aromatic nitrogens is 1. The van der Waals surface area contributed by atoms with Crippen LogP contribution in [0.2, 0.25) is 0 Å². The van der Waals surface area contributed by atoms with Crippen molar-refractivity contribution in [3.8, 4) is 0 Å². The molecule has 1 fully saturated rings. The summed E-state index contributed by atoms with van der Waals surface area (Å²) >= 11 is 0. The molecule has 0 atom stereocenters. The van der Waals surface area contributed by atoms with Crippen molar-refractivity contribution >= 4 is 5.91 Å². The normalized spacial score (nSPS) is 15.5. The maximum Gasteiger partial charge on any atom is 0.281 e. The van der Waals surface area contributed by atoms with Gasteiger partial charge in [0.2, 0.25) is 0 Å². The summed E-state index contributed by atoms with van der Waals surface area (Å²) in [5.74, 6) is 5.86. The molecule has 1 heterocycles. The summed E-state index contributed by atoms with van der Waals surface area (Å²) in [4.78, 5) is 12.1. The second-order valence-electron chi connectivity index (χ2n) is 6.46. The third-order valence-electron chi connectivity index (χ3n) is 4.84. The number of carbonyl (C=O) groups is 1. The van der Waals surface area contributed by atoms with Crippen LogP contribution in [-0.2, 0) is 13.0 Å². The van der Waals surface area contributed by atoms with E-state index in [1.165, 1.54) is 43.4 Å². The second kappa shape index (κ2) is 7.47. The molecule has 0 spiro atoms. The number of benzene rings is 1. The van der Waals surface area contributed by atoms with E-state index in [9.17, 15) is 4.79 Å². The van der Waals surface area contributed by atoms with Crippen LogP contribution in [0.1, 0.15) is 53.8 Å². The average molecular weight is 311 g/mol. The van der Waals surface area contributed by atoms with Crippen molar-refractivity contribution in [2.45, 2.75) is 45.1 Å². The highest BCUT2D eigenvalue weighted by atomic mass is 16.2. The van der Waals surface area contributed by atoms with Crippen LogP contribution in [0.15, 0.2) is 42.5 Å². The molecule has 4 nitrogen and oxygen atoms in total. The highest BCUT2D eigenvalue weighted by Crippen LogP contribution is 2.28. The lowest BCUT2D eigenvalue weighted by Gasteiger charge is -2.22. The van der Waals surface area contributed by atoms with Crippen LogP contribution in [0.3, 0.4) is 0 Å². The van der Waals surface area contributed by atoms with Crippen LogP contribution in [0.4, 0.5) is 0 Å². The van der Waals surface area contributed by atoms with Crippen LogP contribution >= 0.6 is 0 Å². The minimum Gasteiger partial charge on any atom is -0.336 e. The van der Waals surface area contributed by atoms with Gasteiger partial charge in [-0.1, -0.05) is 62.4 Å². The molecule has 0 saturated heterocycles. The van der Waals surface area contributed by atoms with Gasteiger partial charge in [0.15, 0.2) is 0 Å². The van der Waals surface area contributed by atoms with Crippen LogP contribution in [0, 0.1) is 5.92 Å². The van der Waals surface area contributed by atoms with Gasteiger partial charge in [0, 0.05) is 12.2 Å². The first-order valence-electron chi connectivity index (χ1n) is 8.51. The van der Waals surface area contributed by atoms with Crippen molar-refractivity contribution < 1.29 is 4.79 Å². The van der Waals surface area contributed by atoms with Gasteiger partial charge in [-0.3, -0.25) is 10.2 Å². The number of hydrogen-bond donors (Lipinski definition) is 2. The van der Waals surface area contributed by atoms with Crippen molar-refractivity contribution in [1.29, 1.82) is 0 Å². The van der Waals surface area contributed by atoms with Gasteiger partial charge in [-0.15, -0.1) is 0 Å². The van der Waals surface area contributed by atoms with Crippen molar-refractivity contribution in [2.75, 3.05) is 0 Å². The zero-order valence-corrected chi connectivity index (χ0v) is 13.5. The molecule has 1 aliphatic carbocycles. The predicted molar refractivity (Wildman–Crippen MR) is 91.9 cm³/mol. The minimum absolute atomic E-state index is 0.226. The van der Waals surface area contributed by atoms with E-state index in [1.807, 2.05) is 24.3 Å². The first-order chi connectivity index (χ1) is 11.3. The summed E-state index contributed by atoms with van der Waals surface area (Å²) in [5, 5.41) is 0. The fourth-order valence-corrected chi connectivity index (χ4v) is 3.60. The Bertz CT molecular complexity index is 642. The van der Waals surface area contributed by atoms with E-state index in [0.29, 0.717) is 12.2 Å². The van der Waals surface area contributed by atoms with Gasteiger partial charge in [0.05, 0.1) is 0 Å². The lowest BCUT2D eigenvalue weighted by molar-refractivity contribution is 0.0944. The van der Waals surface area contributed by atoms with Crippen molar-refractivity contribution in [2.24, 2.45) is 11.8 Å². The highest BCUT2D eigenvalue weighted by molar-refractivity contribution is 5.92. The average Bonchev–Trinajstić information content (AvgIpc) is 2.98. The number of rotatable bonds is 5. The summed E-state index contributed by atoms with van der Waals surface area (Å²) < 4.78 is 2.12. The number of hydrazine groups is 1. The number of amides is 1. The third-order valence-corrected chi connectivity index (χ3v) is 4.84. The molecule has 0 aliphatic heterocycles. The molecule has 1 aromatic heterocycles. The van der Waals surface area contributed by atoms with Gasteiger partial charge in [0.1, 0.15) is 5.69 Å². The maximum atomic E-state index is 12.1. The standard InChI is InChI=1S/C19H25N3O/c20-21-19(23)18-12-11-17(13-15-7-3-1-4-8-15)22(18)14-16-9-5-2-6-10-16/h2,5-6,9-12,15H,1,3-4,7-8,13-14,20H2,(H,21,23). The van der Waals surface area contributed by atoms with E-state index < -0.39 is 0 Å². The first kappa shape index (κ1) is 15.8. The molecule has 0 bridgehead atoms. The van der Waals surface area contributed by atoms with Crippen LogP contribution < -0.4 is 11.3 Å². The van der Waals surface area contributed by atoms with Gasteiger partial charge >= 0.3 is 0 Å². The Morgan fingerprint density at radius 3 is 2.52 bits per heavy atom. The number of nitrogens with zero attached hydrogens (tertiary/aromatic N) is 1. The van der Waals surface area contributed by atoms with E-state index in [-0.39, 0.29) is 5.91 Å². The van der Waals surface area contributed by atoms with E-state index >= 15 is 0 Å². The molecule has 1 aliphatic rings. The molecule has 1 amide bonds. The van der Waals surface area contributed by atoms with Gasteiger partial charge < -0.3 is 4.57 Å². The number of carbonyl (C=O) groups excluding carboxylic acids is 1. The summed E-state index contributed by atoms with van der Waals surface area (Å²) in [6, 6.07) is 14.2. The Morgan fingerprint density at radius 2 is 1.83 bits per heavy atom. The number of nitrogens with one attached hydrogen (secondary N) is 1. The fourth-order valence-electron chi connectivity index (χ4n) is 3.60. The Hall–Kier alpha value is -2.07. The van der Waals surface area contributed by atoms with E-state index in [4.69, 9.17) is 5.84 Å². The van der Waals surface area contributed by atoms with E-state index in [0.717, 1.165) is 12.3 Å². The molecular formula is C19H25N3O. The molecule has 0 radical (unpaired) electrons.